The van der Waals surface area contributed by atoms with Gasteiger partial charge in [0.1, 0.15) is 23.6 Å². The van der Waals surface area contributed by atoms with E-state index in [0.717, 1.165) is 13.0 Å². The van der Waals surface area contributed by atoms with Gasteiger partial charge in [0.2, 0.25) is 0 Å². The summed E-state index contributed by atoms with van der Waals surface area (Å²) in [7, 11) is 0. The van der Waals surface area contributed by atoms with Crippen LogP contribution in [0.4, 0.5) is 4.39 Å². The smallest absolute Gasteiger partial charge is 0.130 e. The Morgan fingerprint density at radius 1 is 1.43 bits per heavy atom. The monoisotopic (exact) mass is 312 g/mol. The molecular weight excluding hydrogens is 295 g/mol. The maximum absolute atomic E-state index is 13.8. The van der Waals surface area contributed by atoms with Crippen molar-refractivity contribution >= 4 is 11.6 Å². The van der Waals surface area contributed by atoms with Crippen molar-refractivity contribution in [1.82, 2.24) is 0 Å². The van der Waals surface area contributed by atoms with E-state index in [2.05, 4.69) is 13.8 Å². The van der Waals surface area contributed by atoms with Gasteiger partial charge in [-0.2, -0.15) is 0 Å². The van der Waals surface area contributed by atoms with Gasteiger partial charge in [0.25, 0.3) is 0 Å². The van der Waals surface area contributed by atoms with Crippen molar-refractivity contribution in [3.63, 3.8) is 0 Å². The molecule has 0 aliphatic carbocycles. The fraction of sp³-hybridized carbons (Fsp3) is 0.625. The molecule has 0 radical (unpaired) electrons. The minimum Gasteiger partial charge on any atom is -0.372 e. The third-order valence-electron chi connectivity index (χ3n) is 5.30. The van der Waals surface area contributed by atoms with Crippen LogP contribution < -0.4 is 0 Å². The Hall–Kier alpha value is -0.680. The molecule has 1 aromatic carbocycles. The minimum absolute atomic E-state index is 0.0770. The first-order valence-electron chi connectivity index (χ1n) is 7.30. The van der Waals surface area contributed by atoms with Gasteiger partial charge in [-0.05, 0) is 32.4 Å². The molecule has 4 rings (SSSR count). The summed E-state index contributed by atoms with van der Waals surface area (Å²) < 4.78 is 32.0. The average molecular weight is 313 g/mol. The zero-order valence-corrected chi connectivity index (χ0v) is 12.8. The topological polar surface area (TPSA) is 27.7 Å². The minimum atomic E-state index is -0.349. The molecule has 0 spiro atoms. The summed E-state index contributed by atoms with van der Waals surface area (Å²) in [6.07, 6.45) is 0.666. The molecule has 3 nitrogen and oxygen atoms in total. The Bertz CT molecular complexity index is 575. The van der Waals surface area contributed by atoms with Crippen LogP contribution in [0.25, 0.3) is 0 Å². The van der Waals surface area contributed by atoms with Crippen molar-refractivity contribution in [3.05, 3.63) is 34.6 Å². The lowest BCUT2D eigenvalue weighted by atomic mass is 9.74. The van der Waals surface area contributed by atoms with E-state index in [-0.39, 0.29) is 35.8 Å². The van der Waals surface area contributed by atoms with Crippen molar-refractivity contribution in [3.8, 4) is 0 Å². The lowest BCUT2D eigenvalue weighted by molar-refractivity contribution is -0.0932. The van der Waals surface area contributed by atoms with E-state index in [4.69, 9.17) is 25.8 Å². The van der Waals surface area contributed by atoms with E-state index >= 15 is 0 Å². The van der Waals surface area contributed by atoms with Gasteiger partial charge in [0, 0.05) is 16.5 Å². The molecule has 2 bridgehead atoms. The van der Waals surface area contributed by atoms with Crippen LogP contribution in [0.15, 0.2) is 18.2 Å². The molecule has 1 aromatic rings. The van der Waals surface area contributed by atoms with Gasteiger partial charge in [-0.3, -0.25) is 0 Å². The molecule has 0 N–H and O–H groups in total. The van der Waals surface area contributed by atoms with Crippen molar-refractivity contribution in [1.29, 1.82) is 0 Å². The van der Waals surface area contributed by atoms with E-state index in [1.165, 1.54) is 6.07 Å². The third-order valence-corrected chi connectivity index (χ3v) is 5.66. The highest BCUT2D eigenvalue weighted by Gasteiger charge is 2.72. The fourth-order valence-corrected chi connectivity index (χ4v) is 4.43. The Morgan fingerprint density at radius 2 is 2.24 bits per heavy atom. The van der Waals surface area contributed by atoms with Crippen molar-refractivity contribution < 1.29 is 18.6 Å². The second-order valence-corrected chi connectivity index (χ2v) is 7.09. The molecular formula is C16H18ClFO3. The number of hydrogen-bond acceptors (Lipinski definition) is 3. The second kappa shape index (κ2) is 4.42. The Kier molecular flexibility index (Phi) is 2.93. The summed E-state index contributed by atoms with van der Waals surface area (Å²) in [6, 6.07) is 4.66. The first-order chi connectivity index (χ1) is 9.94. The standard InChI is InChI=1S/C16H18ClFO3/c1-15-6-9-7-19-14(16(9,2)21-15)13(15)20-8-10-11(17)4-3-5-12(10)18/h3-5,9,13-14H,6-8H2,1-2H3. The highest BCUT2D eigenvalue weighted by molar-refractivity contribution is 6.31. The Balaban J connectivity index is 1.56. The van der Waals surface area contributed by atoms with Crippen molar-refractivity contribution in [2.24, 2.45) is 5.92 Å². The largest absolute Gasteiger partial charge is 0.372 e. The summed E-state index contributed by atoms with van der Waals surface area (Å²) in [5.74, 6) is 0.0950. The quantitative estimate of drug-likeness (QED) is 0.857. The number of benzene rings is 1. The zero-order chi connectivity index (χ0) is 14.8. The Labute approximate surface area is 128 Å². The van der Waals surface area contributed by atoms with Crippen LogP contribution in [0.5, 0.6) is 0 Å². The summed E-state index contributed by atoms with van der Waals surface area (Å²) in [5, 5.41) is 0.389. The van der Waals surface area contributed by atoms with Gasteiger partial charge in [-0.25, -0.2) is 4.39 Å². The lowest BCUT2D eigenvalue weighted by Gasteiger charge is -2.32. The fourth-order valence-electron chi connectivity index (χ4n) is 4.21. The normalized spacial score (nSPS) is 43.7. The lowest BCUT2D eigenvalue weighted by Crippen LogP contribution is -2.48. The van der Waals surface area contributed by atoms with Crippen LogP contribution in [-0.2, 0) is 20.8 Å². The predicted octanol–water partition coefficient (Wildman–Crippen LogP) is 3.33. The van der Waals surface area contributed by atoms with Gasteiger partial charge in [-0.1, -0.05) is 17.7 Å². The van der Waals surface area contributed by atoms with E-state index in [1.807, 2.05) is 0 Å². The van der Waals surface area contributed by atoms with E-state index < -0.39 is 0 Å². The predicted molar refractivity (Wildman–Crippen MR) is 75.7 cm³/mol. The van der Waals surface area contributed by atoms with Gasteiger partial charge in [0.15, 0.2) is 0 Å². The highest BCUT2D eigenvalue weighted by Crippen LogP contribution is 2.59. The summed E-state index contributed by atoms with van der Waals surface area (Å²) >= 11 is 6.05. The molecule has 114 valence electrons. The molecule has 3 aliphatic rings. The second-order valence-electron chi connectivity index (χ2n) is 6.69. The molecule has 3 heterocycles. The summed E-state index contributed by atoms with van der Waals surface area (Å²) in [6.45, 7) is 5.01. The zero-order valence-electron chi connectivity index (χ0n) is 12.1. The van der Waals surface area contributed by atoms with Gasteiger partial charge in [0.05, 0.1) is 18.8 Å². The molecule has 0 amide bonds. The van der Waals surface area contributed by atoms with Gasteiger partial charge < -0.3 is 14.2 Å². The van der Waals surface area contributed by atoms with Crippen molar-refractivity contribution in [2.45, 2.75) is 50.3 Å². The molecule has 0 aromatic heterocycles. The number of fused-ring (bicyclic) bond motifs is 1. The van der Waals surface area contributed by atoms with Crippen LogP contribution in [0, 0.1) is 11.7 Å². The number of hydrogen-bond donors (Lipinski definition) is 0. The van der Waals surface area contributed by atoms with Crippen LogP contribution in [0.2, 0.25) is 5.02 Å². The van der Waals surface area contributed by atoms with Crippen LogP contribution in [0.3, 0.4) is 0 Å². The Morgan fingerprint density at radius 3 is 3.00 bits per heavy atom. The first-order valence-corrected chi connectivity index (χ1v) is 7.68. The number of ether oxygens (including phenoxy) is 3. The first kappa shape index (κ1) is 13.9. The molecule has 0 saturated carbocycles. The average Bonchev–Trinajstić information content (AvgIpc) is 2.86. The summed E-state index contributed by atoms with van der Waals surface area (Å²) in [4.78, 5) is 0. The molecule has 5 heteroatoms. The van der Waals surface area contributed by atoms with E-state index in [0.29, 0.717) is 16.5 Å². The maximum atomic E-state index is 13.8. The number of halogens is 2. The molecule has 3 saturated heterocycles. The molecule has 5 unspecified atom stereocenters. The van der Waals surface area contributed by atoms with E-state index in [1.54, 1.807) is 12.1 Å². The van der Waals surface area contributed by atoms with Crippen LogP contribution >= 0.6 is 11.6 Å². The third kappa shape index (κ3) is 1.83. The number of rotatable bonds is 3. The van der Waals surface area contributed by atoms with Crippen LogP contribution in [0.1, 0.15) is 25.8 Å². The molecule has 3 fully saturated rings. The van der Waals surface area contributed by atoms with E-state index in [9.17, 15) is 4.39 Å². The van der Waals surface area contributed by atoms with Gasteiger partial charge >= 0.3 is 0 Å². The SMILES string of the molecule is CC12CC3COC(C1OCc1c(F)cccc1Cl)C3(C)O2. The summed E-state index contributed by atoms with van der Waals surface area (Å²) in [5.41, 5.74) is -0.221. The molecule has 5 atom stereocenters. The molecule has 21 heavy (non-hydrogen) atoms. The highest BCUT2D eigenvalue weighted by atomic mass is 35.5. The van der Waals surface area contributed by atoms with Crippen LogP contribution in [-0.4, -0.2) is 30.0 Å². The van der Waals surface area contributed by atoms with Crippen molar-refractivity contribution in [2.75, 3.05) is 6.61 Å². The van der Waals surface area contributed by atoms with Gasteiger partial charge in [-0.15, -0.1) is 0 Å². The molecule has 3 aliphatic heterocycles. The maximum Gasteiger partial charge on any atom is 0.130 e.